The summed E-state index contributed by atoms with van der Waals surface area (Å²) in [5.74, 6) is -0.624. The lowest BCUT2D eigenvalue weighted by molar-refractivity contribution is 0.0697. The Hall–Kier alpha value is -2.54. The van der Waals surface area contributed by atoms with E-state index in [9.17, 15) is 13.2 Å². The molecule has 0 bridgehead atoms. The number of sulfonamides is 1. The highest BCUT2D eigenvalue weighted by Gasteiger charge is 2.21. The van der Waals surface area contributed by atoms with Gasteiger partial charge in [-0.25, -0.2) is 17.5 Å². The number of aromatic carboxylic acids is 1. The number of carboxylic acids is 1. The van der Waals surface area contributed by atoms with Gasteiger partial charge in [-0.15, -0.1) is 0 Å². The van der Waals surface area contributed by atoms with Crippen LogP contribution in [-0.2, 0) is 10.0 Å². The molecule has 2 rings (SSSR count). The van der Waals surface area contributed by atoms with E-state index in [1.54, 1.807) is 24.3 Å². The zero-order valence-corrected chi connectivity index (χ0v) is 12.9. The van der Waals surface area contributed by atoms with Crippen LogP contribution in [0.25, 0.3) is 0 Å². The van der Waals surface area contributed by atoms with Crippen molar-refractivity contribution < 1.29 is 23.1 Å². The Kier molecular flexibility index (Phi) is 4.37. The van der Waals surface area contributed by atoms with E-state index in [-0.39, 0.29) is 11.3 Å². The highest BCUT2D eigenvalue weighted by Crippen LogP contribution is 2.31. The first-order chi connectivity index (χ1) is 10.3. The van der Waals surface area contributed by atoms with Crippen LogP contribution in [0.1, 0.15) is 10.4 Å². The lowest BCUT2D eigenvalue weighted by Crippen LogP contribution is -2.24. The summed E-state index contributed by atoms with van der Waals surface area (Å²) in [6.45, 7) is 0. The van der Waals surface area contributed by atoms with Gasteiger partial charge in [-0.1, -0.05) is 12.1 Å². The third-order valence-corrected chi connectivity index (χ3v) is 4.03. The zero-order chi connectivity index (χ0) is 16.3. The molecule has 0 saturated heterocycles. The molecule has 0 saturated carbocycles. The molecule has 7 heteroatoms. The lowest BCUT2D eigenvalue weighted by Gasteiger charge is -2.23. The Labute approximate surface area is 128 Å². The van der Waals surface area contributed by atoms with Crippen LogP contribution in [0.3, 0.4) is 0 Å². The maximum atomic E-state index is 12.2. The van der Waals surface area contributed by atoms with Crippen molar-refractivity contribution in [1.29, 1.82) is 0 Å². The normalized spacial score (nSPS) is 11.0. The van der Waals surface area contributed by atoms with Crippen molar-refractivity contribution >= 4 is 27.4 Å². The summed E-state index contributed by atoms with van der Waals surface area (Å²) in [7, 11) is -2.17. The highest BCUT2D eigenvalue weighted by molar-refractivity contribution is 7.92. The molecule has 2 aromatic rings. The maximum absolute atomic E-state index is 12.2. The van der Waals surface area contributed by atoms with Crippen LogP contribution < -0.4 is 9.04 Å². The van der Waals surface area contributed by atoms with E-state index in [1.807, 2.05) is 0 Å². The number of rotatable bonds is 5. The van der Waals surface area contributed by atoms with Crippen LogP contribution in [0.4, 0.5) is 11.4 Å². The first-order valence-electron chi connectivity index (χ1n) is 6.30. The van der Waals surface area contributed by atoms with Gasteiger partial charge in [0.1, 0.15) is 5.75 Å². The Balaban J connectivity index is 2.61. The first-order valence-corrected chi connectivity index (χ1v) is 8.15. The molecule has 0 spiro atoms. The monoisotopic (exact) mass is 321 g/mol. The minimum Gasteiger partial charge on any atom is -0.497 e. The summed E-state index contributed by atoms with van der Waals surface area (Å²) in [6, 6.07) is 12.3. The van der Waals surface area contributed by atoms with Crippen LogP contribution in [0.5, 0.6) is 5.75 Å². The van der Waals surface area contributed by atoms with Crippen LogP contribution in [0.2, 0.25) is 0 Å². The molecule has 6 nitrogen and oxygen atoms in total. The van der Waals surface area contributed by atoms with Crippen molar-refractivity contribution in [3.63, 3.8) is 0 Å². The minimum atomic E-state index is -3.65. The summed E-state index contributed by atoms with van der Waals surface area (Å²) in [4.78, 5) is 11.1. The molecule has 0 radical (unpaired) electrons. The number of hydrogen-bond acceptors (Lipinski definition) is 4. The summed E-state index contributed by atoms with van der Waals surface area (Å²) >= 11 is 0. The summed E-state index contributed by atoms with van der Waals surface area (Å²) in [5, 5.41) is 9.06. The Bertz CT molecular complexity index is 801. The molecule has 0 aliphatic heterocycles. The van der Waals surface area contributed by atoms with Gasteiger partial charge in [-0.05, 0) is 30.3 Å². The fourth-order valence-electron chi connectivity index (χ4n) is 2.03. The van der Waals surface area contributed by atoms with Crippen molar-refractivity contribution in [2.24, 2.45) is 0 Å². The smallest absolute Gasteiger partial charge is 0.335 e. The number of methoxy groups -OCH3 is 1. The van der Waals surface area contributed by atoms with Gasteiger partial charge < -0.3 is 9.84 Å². The van der Waals surface area contributed by atoms with Gasteiger partial charge in [0.15, 0.2) is 0 Å². The number of anilines is 2. The van der Waals surface area contributed by atoms with Crippen molar-refractivity contribution in [2.45, 2.75) is 0 Å². The van der Waals surface area contributed by atoms with Gasteiger partial charge in [-0.2, -0.15) is 0 Å². The van der Waals surface area contributed by atoms with Gasteiger partial charge in [0.25, 0.3) is 0 Å². The molecule has 0 atom stereocenters. The number of hydrogen-bond donors (Lipinski definition) is 1. The second-order valence-corrected chi connectivity index (χ2v) is 6.42. The second-order valence-electron chi connectivity index (χ2n) is 4.58. The van der Waals surface area contributed by atoms with E-state index >= 15 is 0 Å². The molecular weight excluding hydrogens is 306 g/mol. The van der Waals surface area contributed by atoms with Gasteiger partial charge >= 0.3 is 5.97 Å². The third-order valence-electron chi connectivity index (χ3n) is 2.95. The third kappa shape index (κ3) is 3.37. The zero-order valence-electron chi connectivity index (χ0n) is 12.1. The summed E-state index contributed by atoms with van der Waals surface area (Å²) in [6.07, 6.45) is 1.06. The van der Waals surface area contributed by atoms with E-state index in [4.69, 9.17) is 9.84 Å². The van der Waals surface area contributed by atoms with Crippen LogP contribution in [0.15, 0.2) is 48.5 Å². The Morgan fingerprint density at radius 1 is 1.09 bits per heavy atom. The number of ether oxygens (including phenoxy) is 1. The van der Waals surface area contributed by atoms with E-state index in [2.05, 4.69) is 0 Å². The summed E-state index contributed by atoms with van der Waals surface area (Å²) < 4.78 is 30.5. The van der Waals surface area contributed by atoms with E-state index in [1.165, 1.54) is 31.4 Å². The molecule has 22 heavy (non-hydrogen) atoms. The lowest BCUT2D eigenvalue weighted by atomic mass is 10.2. The average molecular weight is 321 g/mol. The average Bonchev–Trinajstić information content (AvgIpc) is 2.46. The molecule has 0 amide bonds. The van der Waals surface area contributed by atoms with E-state index in [0.717, 1.165) is 10.6 Å². The largest absolute Gasteiger partial charge is 0.497 e. The quantitative estimate of drug-likeness (QED) is 0.914. The maximum Gasteiger partial charge on any atom is 0.335 e. The first kappa shape index (κ1) is 15.8. The fraction of sp³-hybridized carbons (Fsp3) is 0.133. The minimum absolute atomic E-state index is 0.00838. The fourth-order valence-corrected chi connectivity index (χ4v) is 3.03. The Morgan fingerprint density at radius 2 is 1.68 bits per heavy atom. The van der Waals surface area contributed by atoms with Crippen LogP contribution in [0, 0.1) is 0 Å². The standard InChI is InChI=1S/C15H15NO5S/c1-21-14-8-4-7-13(10-14)16(22(2,19)20)12-6-3-5-11(9-12)15(17)18/h3-10H,1-2H3,(H,17,18). The molecule has 0 aromatic heterocycles. The number of benzene rings is 2. The van der Waals surface area contributed by atoms with Gasteiger partial charge in [-0.3, -0.25) is 0 Å². The molecule has 0 heterocycles. The summed E-state index contributed by atoms with van der Waals surface area (Å²) in [5.41, 5.74) is 0.620. The van der Waals surface area contributed by atoms with E-state index in [0.29, 0.717) is 11.4 Å². The predicted molar refractivity (Wildman–Crippen MR) is 83.4 cm³/mol. The second kappa shape index (κ2) is 6.07. The van der Waals surface area contributed by atoms with Crippen molar-refractivity contribution in [1.82, 2.24) is 0 Å². The van der Waals surface area contributed by atoms with Crippen LogP contribution in [-0.4, -0.2) is 32.9 Å². The molecule has 0 unspecified atom stereocenters. The number of carboxylic acid groups (broad SMARTS) is 1. The SMILES string of the molecule is COc1cccc(N(c2cccc(C(=O)O)c2)S(C)(=O)=O)c1. The molecule has 116 valence electrons. The van der Waals surface area contributed by atoms with E-state index < -0.39 is 16.0 Å². The molecule has 0 aliphatic carbocycles. The van der Waals surface area contributed by atoms with Crippen molar-refractivity contribution in [3.8, 4) is 5.75 Å². The molecule has 2 aromatic carbocycles. The van der Waals surface area contributed by atoms with Gasteiger partial charge in [0.2, 0.25) is 10.0 Å². The Morgan fingerprint density at radius 3 is 2.23 bits per heavy atom. The predicted octanol–water partition coefficient (Wildman–Crippen LogP) is 2.49. The van der Waals surface area contributed by atoms with Crippen molar-refractivity contribution in [3.05, 3.63) is 54.1 Å². The van der Waals surface area contributed by atoms with Crippen molar-refractivity contribution in [2.75, 3.05) is 17.7 Å². The number of carbonyl (C=O) groups is 1. The highest BCUT2D eigenvalue weighted by atomic mass is 32.2. The van der Waals surface area contributed by atoms with Gasteiger partial charge in [0, 0.05) is 6.07 Å². The number of nitrogens with zero attached hydrogens (tertiary/aromatic N) is 1. The topological polar surface area (TPSA) is 83.9 Å². The molecule has 1 N–H and O–H groups in total. The molecule has 0 fully saturated rings. The van der Waals surface area contributed by atoms with Crippen LogP contribution >= 0.6 is 0 Å². The van der Waals surface area contributed by atoms with Gasteiger partial charge in [0.05, 0.1) is 30.3 Å². The molecule has 0 aliphatic rings. The molecular formula is C15H15NO5S.